The van der Waals surface area contributed by atoms with E-state index in [1.165, 1.54) is 44.9 Å². The SMILES string of the molecule is CN(CC1CC1)c1n[nH]c(=S)n1C1CCCCC1. The van der Waals surface area contributed by atoms with Crippen molar-refractivity contribution in [1.82, 2.24) is 14.8 Å². The van der Waals surface area contributed by atoms with Gasteiger partial charge in [-0.3, -0.25) is 4.57 Å². The van der Waals surface area contributed by atoms with Crippen LogP contribution >= 0.6 is 12.2 Å². The molecule has 0 amide bonds. The molecule has 1 N–H and O–H groups in total. The Labute approximate surface area is 113 Å². The lowest BCUT2D eigenvalue weighted by atomic mass is 9.95. The summed E-state index contributed by atoms with van der Waals surface area (Å²) in [7, 11) is 2.14. The molecule has 18 heavy (non-hydrogen) atoms. The summed E-state index contributed by atoms with van der Waals surface area (Å²) in [5.74, 6) is 1.92. The number of aromatic nitrogens is 3. The number of nitrogens with one attached hydrogen (secondary N) is 1. The summed E-state index contributed by atoms with van der Waals surface area (Å²) in [5.41, 5.74) is 0. The van der Waals surface area contributed by atoms with Crippen LogP contribution in [0.1, 0.15) is 51.0 Å². The number of rotatable bonds is 4. The van der Waals surface area contributed by atoms with E-state index < -0.39 is 0 Å². The van der Waals surface area contributed by atoms with E-state index in [1.807, 2.05) is 0 Å². The summed E-state index contributed by atoms with van der Waals surface area (Å²) in [4.78, 5) is 2.28. The molecule has 0 aromatic carbocycles. The smallest absolute Gasteiger partial charge is 0.225 e. The molecule has 1 aromatic heterocycles. The van der Waals surface area contributed by atoms with Crippen LogP contribution in [-0.4, -0.2) is 28.4 Å². The summed E-state index contributed by atoms with van der Waals surface area (Å²) in [5, 5.41) is 7.43. The first-order valence-corrected chi connectivity index (χ1v) is 7.54. The second-order valence-electron chi connectivity index (χ2n) is 5.81. The number of aromatic amines is 1. The molecule has 2 saturated carbocycles. The van der Waals surface area contributed by atoms with Crippen molar-refractivity contribution >= 4 is 18.2 Å². The Balaban J connectivity index is 1.82. The van der Waals surface area contributed by atoms with Crippen LogP contribution in [0.15, 0.2) is 0 Å². The number of nitrogens with zero attached hydrogens (tertiary/aromatic N) is 3. The van der Waals surface area contributed by atoms with Gasteiger partial charge in [-0.2, -0.15) is 0 Å². The van der Waals surface area contributed by atoms with Crippen LogP contribution in [0.5, 0.6) is 0 Å². The zero-order chi connectivity index (χ0) is 12.5. The third-order valence-corrected chi connectivity index (χ3v) is 4.48. The molecule has 2 fully saturated rings. The zero-order valence-corrected chi connectivity index (χ0v) is 11.9. The number of hydrogen-bond acceptors (Lipinski definition) is 3. The highest BCUT2D eigenvalue weighted by atomic mass is 32.1. The fourth-order valence-electron chi connectivity index (χ4n) is 3.00. The number of anilines is 1. The van der Waals surface area contributed by atoms with Crippen LogP contribution < -0.4 is 4.90 Å². The van der Waals surface area contributed by atoms with E-state index in [-0.39, 0.29) is 0 Å². The molecule has 2 aliphatic carbocycles. The second kappa shape index (κ2) is 5.03. The van der Waals surface area contributed by atoms with E-state index in [2.05, 4.69) is 26.7 Å². The largest absolute Gasteiger partial charge is 0.344 e. The molecule has 0 aliphatic heterocycles. The molecule has 5 heteroatoms. The van der Waals surface area contributed by atoms with E-state index in [0.717, 1.165) is 23.2 Å². The lowest BCUT2D eigenvalue weighted by Crippen LogP contribution is -2.26. The Morgan fingerprint density at radius 3 is 2.67 bits per heavy atom. The molecule has 0 saturated heterocycles. The Kier molecular flexibility index (Phi) is 3.41. The molecule has 100 valence electrons. The van der Waals surface area contributed by atoms with Gasteiger partial charge < -0.3 is 4.90 Å². The van der Waals surface area contributed by atoms with Crippen molar-refractivity contribution in [3.05, 3.63) is 4.77 Å². The van der Waals surface area contributed by atoms with Gasteiger partial charge in [-0.05, 0) is 43.8 Å². The molecule has 4 nitrogen and oxygen atoms in total. The maximum atomic E-state index is 5.42. The Hall–Kier alpha value is -0.840. The van der Waals surface area contributed by atoms with Gasteiger partial charge in [-0.15, -0.1) is 5.10 Å². The van der Waals surface area contributed by atoms with Gasteiger partial charge in [0.2, 0.25) is 5.95 Å². The van der Waals surface area contributed by atoms with Crippen molar-refractivity contribution in [3.63, 3.8) is 0 Å². The Bertz CT molecular complexity index is 454. The fraction of sp³-hybridized carbons (Fsp3) is 0.846. The quantitative estimate of drug-likeness (QED) is 0.850. The lowest BCUT2D eigenvalue weighted by molar-refractivity contribution is 0.350. The van der Waals surface area contributed by atoms with Crippen molar-refractivity contribution in [1.29, 1.82) is 0 Å². The number of H-pyrrole nitrogens is 1. The molecule has 0 spiro atoms. The van der Waals surface area contributed by atoms with Crippen molar-refractivity contribution in [2.75, 3.05) is 18.5 Å². The minimum Gasteiger partial charge on any atom is -0.344 e. The Morgan fingerprint density at radius 2 is 2.00 bits per heavy atom. The lowest BCUT2D eigenvalue weighted by Gasteiger charge is -2.27. The molecule has 1 heterocycles. The third-order valence-electron chi connectivity index (χ3n) is 4.20. The summed E-state index contributed by atoms with van der Waals surface area (Å²) in [6.07, 6.45) is 9.26. The van der Waals surface area contributed by atoms with Crippen molar-refractivity contribution in [2.45, 2.75) is 51.0 Å². The monoisotopic (exact) mass is 266 g/mol. The van der Waals surface area contributed by atoms with Gasteiger partial charge in [-0.1, -0.05) is 19.3 Å². The maximum absolute atomic E-state index is 5.42. The van der Waals surface area contributed by atoms with Gasteiger partial charge >= 0.3 is 0 Å². The van der Waals surface area contributed by atoms with Crippen LogP contribution in [-0.2, 0) is 0 Å². The third kappa shape index (κ3) is 2.46. The second-order valence-corrected chi connectivity index (χ2v) is 6.20. The minimum atomic E-state index is 0.557. The van der Waals surface area contributed by atoms with Crippen LogP contribution in [0.4, 0.5) is 5.95 Å². The average Bonchev–Trinajstić information content (AvgIpc) is 3.11. The molecular weight excluding hydrogens is 244 g/mol. The van der Waals surface area contributed by atoms with E-state index in [0.29, 0.717) is 6.04 Å². The average molecular weight is 266 g/mol. The predicted molar refractivity (Wildman–Crippen MR) is 75.5 cm³/mol. The van der Waals surface area contributed by atoms with Crippen LogP contribution in [0, 0.1) is 10.7 Å². The summed E-state index contributed by atoms with van der Waals surface area (Å²) >= 11 is 5.42. The van der Waals surface area contributed by atoms with E-state index >= 15 is 0 Å². The molecule has 1 aromatic rings. The van der Waals surface area contributed by atoms with Gasteiger partial charge in [0.05, 0.1) is 0 Å². The minimum absolute atomic E-state index is 0.557. The standard InChI is InChI=1S/C13H22N4S/c1-16(9-10-7-8-10)12-14-15-13(18)17(12)11-5-3-2-4-6-11/h10-11H,2-9H2,1H3,(H,15,18). The summed E-state index contributed by atoms with van der Waals surface area (Å²) in [6.45, 7) is 1.12. The highest BCUT2D eigenvalue weighted by Gasteiger charge is 2.26. The summed E-state index contributed by atoms with van der Waals surface area (Å²) in [6, 6.07) is 0.557. The van der Waals surface area contributed by atoms with E-state index in [4.69, 9.17) is 12.2 Å². The molecule has 0 atom stereocenters. The van der Waals surface area contributed by atoms with Crippen LogP contribution in [0.2, 0.25) is 0 Å². The topological polar surface area (TPSA) is 36.9 Å². The molecule has 2 aliphatic rings. The Morgan fingerprint density at radius 1 is 1.28 bits per heavy atom. The first-order valence-electron chi connectivity index (χ1n) is 7.14. The first-order chi connectivity index (χ1) is 8.75. The molecule has 0 unspecified atom stereocenters. The van der Waals surface area contributed by atoms with Crippen molar-refractivity contribution in [3.8, 4) is 0 Å². The van der Waals surface area contributed by atoms with E-state index in [1.54, 1.807) is 0 Å². The highest BCUT2D eigenvalue weighted by molar-refractivity contribution is 7.71. The molecular formula is C13H22N4S. The van der Waals surface area contributed by atoms with Crippen molar-refractivity contribution < 1.29 is 0 Å². The van der Waals surface area contributed by atoms with Gasteiger partial charge in [0.25, 0.3) is 0 Å². The van der Waals surface area contributed by atoms with Gasteiger partial charge in [0.1, 0.15) is 0 Å². The van der Waals surface area contributed by atoms with Gasteiger partial charge in [0, 0.05) is 19.6 Å². The van der Waals surface area contributed by atoms with Crippen LogP contribution in [0.25, 0.3) is 0 Å². The molecule has 3 rings (SSSR count). The number of hydrogen-bond donors (Lipinski definition) is 1. The maximum Gasteiger partial charge on any atom is 0.225 e. The molecule has 0 radical (unpaired) electrons. The van der Waals surface area contributed by atoms with Crippen LogP contribution in [0.3, 0.4) is 0 Å². The van der Waals surface area contributed by atoms with Gasteiger partial charge in [-0.25, -0.2) is 5.10 Å². The first kappa shape index (κ1) is 12.2. The fourth-order valence-corrected chi connectivity index (χ4v) is 3.28. The zero-order valence-electron chi connectivity index (χ0n) is 11.1. The van der Waals surface area contributed by atoms with Crippen molar-refractivity contribution in [2.24, 2.45) is 5.92 Å². The normalized spacial score (nSPS) is 21.2. The van der Waals surface area contributed by atoms with E-state index in [9.17, 15) is 0 Å². The predicted octanol–water partition coefficient (Wildman–Crippen LogP) is 3.29. The highest BCUT2D eigenvalue weighted by Crippen LogP contribution is 2.33. The van der Waals surface area contributed by atoms with Gasteiger partial charge in [0.15, 0.2) is 4.77 Å². The summed E-state index contributed by atoms with van der Waals surface area (Å²) < 4.78 is 3.05. The molecule has 0 bridgehead atoms.